The van der Waals surface area contributed by atoms with E-state index < -0.39 is 0 Å². The monoisotopic (exact) mass is 311 g/mol. The standard InChI is InChI=1S/C11H17.2ClH.Zr/c1-5-9-6-7-10(8-9)11(2,3)4;;;/h7-9H,5H2,1-4H3;2*1H;/q-1;;;. The Hall–Kier alpha value is 0.943. The second-order valence-corrected chi connectivity index (χ2v) is 4.20. The quantitative estimate of drug-likeness (QED) is 0.637. The molecule has 3 heteroatoms. The summed E-state index contributed by atoms with van der Waals surface area (Å²) < 4.78 is 0. The summed E-state index contributed by atoms with van der Waals surface area (Å²) in [5.74, 6) is 0.573. The molecule has 14 heavy (non-hydrogen) atoms. The van der Waals surface area contributed by atoms with Gasteiger partial charge in [0.15, 0.2) is 0 Å². The van der Waals surface area contributed by atoms with Gasteiger partial charge in [0.05, 0.1) is 0 Å². The Balaban J connectivity index is -0.000000403. The zero-order valence-corrected chi connectivity index (χ0v) is 13.3. The van der Waals surface area contributed by atoms with Gasteiger partial charge in [0.1, 0.15) is 0 Å². The van der Waals surface area contributed by atoms with E-state index >= 15 is 0 Å². The van der Waals surface area contributed by atoms with Crippen LogP contribution in [0.3, 0.4) is 0 Å². The van der Waals surface area contributed by atoms with Crippen LogP contribution in [0.15, 0.2) is 17.7 Å². The van der Waals surface area contributed by atoms with Crippen LogP contribution in [0.4, 0.5) is 0 Å². The minimum atomic E-state index is 0. The first-order valence-electron chi connectivity index (χ1n) is 4.35. The summed E-state index contributed by atoms with van der Waals surface area (Å²) in [5, 5.41) is 0. The molecule has 0 aromatic heterocycles. The smallest absolute Gasteiger partial charge is 0 e. The Morgan fingerprint density at radius 3 is 2.00 bits per heavy atom. The molecule has 0 radical (unpaired) electrons. The van der Waals surface area contributed by atoms with Crippen molar-refractivity contribution in [3.05, 3.63) is 23.8 Å². The van der Waals surface area contributed by atoms with Crippen molar-refractivity contribution in [1.29, 1.82) is 0 Å². The number of allylic oxidation sites excluding steroid dienone is 4. The molecule has 0 spiro atoms. The van der Waals surface area contributed by atoms with Crippen LogP contribution in [0.2, 0.25) is 0 Å². The molecule has 0 amide bonds. The van der Waals surface area contributed by atoms with Crippen LogP contribution in [0.1, 0.15) is 34.1 Å². The van der Waals surface area contributed by atoms with Gasteiger partial charge in [-0.15, -0.1) is 24.8 Å². The van der Waals surface area contributed by atoms with Crippen molar-refractivity contribution in [3.8, 4) is 0 Å². The van der Waals surface area contributed by atoms with Crippen LogP contribution in [0.5, 0.6) is 0 Å². The second kappa shape index (κ2) is 8.14. The number of rotatable bonds is 1. The number of hydrogen-bond donors (Lipinski definition) is 0. The van der Waals surface area contributed by atoms with E-state index in [0.29, 0.717) is 11.3 Å². The molecule has 0 heterocycles. The van der Waals surface area contributed by atoms with Gasteiger partial charge >= 0.3 is 0 Å². The predicted octanol–water partition coefficient (Wildman–Crippen LogP) is 4.20. The van der Waals surface area contributed by atoms with Gasteiger partial charge in [0.25, 0.3) is 0 Å². The Kier molecular flexibility index (Phi) is 11.8. The first-order chi connectivity index (χ1) is 5.04. The van der Waals surface area contributed by atoms with Gasteiger partial charge in [-0.1, -0.05) is 45.4 Å². The summed E-state index contributed by atoms with van der Waals surface area (Å²) in [6.07, 6.45) is 9.00. The Bertz CT molecular complexity index is 202. The van der Waals surface area contributed by atoms with Crippen LogP contribution in [-0.2, 0) is 26.2 Å². The third kappa shape index (κ3) is 5.73. The Morgan fingerprint density at radius 1 is 1.29 bits per heavy atom. The van der Waals surface area contributed by atoms with E-state index in [1.807, 2.05) is 0 Å². The second-order valence-electron chi connectivity index (χ2n) is 4.20. The fourth-order valence-electron chi connectivity index (χ4n) is 1.21. The van der Waals surface area contributed by atoms with Crippen molar-refractivity contribution >= 4 is 24.8 Å². The van der Waals surface area contributed by atoms with Crippen LogP contribution >= 0.6 is 24.8 Å². The third-order valence-corrected chi connectivity index (χ3v) is 2.14. The molecule has 0 aromatic carbocycles. The van der Waals surface area contributed by atoms with Gasteiger partial charge in [-0.2, -0.15) is 11.6 Å². The van der Waals surface area contributed by atoms with E-state index in [-0.39, 0.29) is 51.0 Å². The van der Waals surface area contributed by atoms with Crippen LogP contribution in [0.25, 0.3) is 0 Å². The van der Waals surface area contributed by atoms with Crippen LogP contribution < -0.4 is 0 Å². The molecule has 1 aliphatic carbocycles. The zero-order valence-electron chi connectivity index (χ0n) is 9.26. The normalized spacial score (nSPS) is 18.9. The van der Waals surface area contributed by atoms with Crippen molar-refractivity contribution in [2.75, 3.05) is 0 Å². The summed E-state index contributed by atoms with van der Waals surface area (Å²) in [7, 11) is 0. The molecule has 0 N–H and O–H groups in total. The molecule has 0 fully saturated rings. The molecule has 1 aliphatic rings. The van der Waals surface area contributed by atoms with Crippen LogP contribution in [-0.4, -0.2) is 0 Å². The fraction of sp³-hybridized carbons (Fsp3) is 0.636. The van der Waals surface area contributed by atoms with Gasteiger partial charge in [-0.05, 0) is 0 Å². The minimum absolute atomic E-state index is 0. The van der Waals surface area contributed by atoms with Gasteiger partial charge in [0, 0.05) is 26.2 Å². The minimum Gasteiger partial charge on any atom is -0.269 e. The fourth-order valence-corrected chi connectivity index (χ4v) is 1.21. The summed E-state index contributed by atoms with van der Waals surface area (Å²) >= 11 is 0. The van der Waals surface area contributed by atoms with E-state index in [0.717, 1.165) is 0 Å². The van der Waals surface area contributed by atoms with Crippen molar-refractivity contribution in [1.82, 2.24) is 0 Å². The van der Waals surface area contributed by atoms with Crippen molar-refractivity contribution in [2.24, 2.45) is 11.3 Å². The first kappa shape index (κ1) is 20.4. The molecule has 0 nitrogen and oxygen atoms in total. The van der Waals surface area contributed by atoms with E-state index in [4.69, 9.17) is 0 Å². The largest absolute Gasteiger partial charge is 0.269 e. The van der Waals surface area contributed by atoms with Crippen molar-refractivity contribution < 1.29 is 26.2 Å². The maximum atomic E-state index is 3.35. The maximum Gasteiger partial charge on any atom is 0 e. The van der Waals surface area contributed by atoms with Crippen molar-refractivity contribution in [3.63, 3.8) is 0 Å². The molecular weight excluding hydrogens is 294 g/mol. The average molecular weight is 313 g/mol. The predicted molar refractivity (Wildman–Crippen MR) is 63.6 cm³/mol. The molecule has 0 saturated heterocycles. The molecule has 0 saturated carbocycles. The molecule has 0 aliphatic heterocycles. The summed E-state index contributed by atoms with van der Waals surface area (Å²) in [5.41, 5.74) is 1.74. The van der Waals surface area contributed by atoms with Gasteiger partial charge < -0.3 is 0 Å². The average Bonchev–Trinajstić information content (AvgIpc) is 2.32. The molecule has 1 rings (SSSR count). The van der Waals surface area contributed by atoms with Crippen LogP contribution in [0, 0.1) is 17.4 Å². The number of halogens is 2. The zero-order chi connectivity index (χ0) is 8.48. The molecular formula is C11H19Cl2Zr-. The van der Waals surface area contributed by atoms with Crippen molar-refractivity contribution in [2.45, 2.75) is 34.1 Å². The van der Waals surface area contributed by atoms with E-state index in [9.17, 15) is 0 Å². The molecule has 0 bridgehead atoms. The van der Waals surface area contributed by atoms with Gasteiger partial charge in [0.2, 0.25) is 0 Å². The first-order valence-corrected chi connectivity index (χ1v) is 4.35. The maximum absolute atomic E-state index is 3.35. The Labute approximate surface area is 120 Å². The van der Waals surface area contributed by atoms with E-state index in [2.05, 4.69) is 45.9 Å². The Morgan fingerprint density at radius 2 is 1.79 bits per heavy atom. The SMILES string of the molecule is CCC1[C-]=CC(C(C)(C)C)=C1.Cl.Cl.[Zr]. The van der Waals surface area contributed by atoms with Gasteiger partial charge in [-0.3, -0.25) is 6.08 Å². The third-order valence-electron chi connectivity index (χ3n) is 2.14. The van der Waals surface area contributed by atoms with E-state index in [1.54, 1.807) is 0 Å². The molecule has 1 unspecified atom stereocenters. The molecule has 0 aromatic rings. The molecule has 1 atom stereocenters. The summed E-state index contributed by atoms with van der Waals surface area (Å²) in [4.78, 5) is 0. The molecule has 82 valence electrons. The van der Waals surface area contributed by atoms with E-state index in [1.165, 1.54) is 12.0 Å². The topological polar surface area (TPSA) is 0 Å². The summed E-state index contributed by atoms with van der Waals surface area (Å²) in [6.45, 7) is 8.94. The summed E-state index contributed by atoms with van der Waals surface area (Å²) in [6, 6.07) is 0. The van der Waals surface area contributed by atoms with Gasteiger partial charge in [-0.25, -0.2) is 6.08 Å². The number of hydrogen-bond acceptors (Lipinski definition) is 0.